The van der Waals surface area contributed by atoms with Crippen molar-refractivity contribution in [1.82, 2.24) is 15.5 Å². The highest BCUT2D eigenvalue weighted by molar-refractivity contribution is 4.83. The predicted molar refractivity (Wildman–Crippen MR) is 79.6 cm³/mol. The summed E-state index contributed by atoms with van der Waals surface area (Å²) in [6.07, 6.45) is 3.75. The molecule has 2 aliphatic heterocycles. The molecule has 0 amide bonds. The van der Waals surface area contributed by atoms with Crippen LogP contribution in [0.2, 0.25) is 0 Å². The first kappa shape index (κ1) is 15.2. The highest BCUT2D eigenvalue weighted by Crippen LogP contribution is 2.14. The molecule has 0 saturated carbocycles. The fraction of sp³-hybridized carbons (Fsp3) is 1.00. The molecule has 2 atom stereocenters. The van der Waals surface area contributed by atoms with E-state index in [0.717, 1.165) is 19.8 Å². The number of piperidine rings is 1. The van der Waals surface area contributed by atoms with Crippen molar-refractivity contribution in [3.63, 3.8) is 0 Å². The number of rotatable bonds is 5. The van der Waals surface area contributed by atoms with Crippen molar-refractivity contribution in [1.29, 1.82) is 0 Å². The topological polar surface area (TPSA) is 36.5 Å². The summed E-state index contributed by atoms with van der Waals surface area (Å²) in [5, 5.41) is 7.34. The van der Waals surface area contributed by atoms with Gasteiger partial charge in [0.2, 0.25) is 0 Å². The Hall–Kier alpha value is -0.160. The molecular formula is C15H31N3O. The highest BCUT2D eigenvalue weighted by atomic mass is 16.5. The lowest BCUT2D eigenvalue weighted by atomic mass is 10.0. The van der Waals surface area contributed by atoms with Gasteiger partial charge in [0.25, 0.3) is 0 Å². The first-order valence-electron chi connectivity index (χ1n) is 7.96. The second kappa shape index (κ2) is 7.58. The minimum Gasteiger partial charge on any atom is -0.379 e. The molecule has 2 aliphatic rings. The molecule has 0 aromatic heterocycles. The largest absolute Gasteiger partial charge is 0.379 e. The highest BCUT2D eigenvalue weighted by Gasteiger charge is 2.23. The third-order valence-corrected chi connectivity index (χ3v) is 4.42. The molecule has 2 rings (SSSR count). The number of morpholine rings is 1. The predicted octanol–water partition coefficient (Wildman–Crippen LogP) is 1.22. The van der Waals surface area contributed by atoms with E-state index in [1.54, 1.807) is 0 Å². The van der Waals surface area contributed by atoms with Crippen molar-refractivity contribution in [3.05, 3.63) is 0 Å². The number of ether oxygens (including phenoxy) is 1. The van der Waals surface area contributed by atoms with E-state index in [9.17, 15) is 0 Å². The summed E-state index contributed by atoms with van der Waals surface area (Å²) in [4.78, 5) is 2.58. The molecule has 4 heteroatoms. The van der Waals surface area contributed by atoms with Crippen LogP contribution in [-0.4, -0.2) is 61.9 Å². The zero-order valence-corrected chi connectivity index (χ0v) is 12.8. The molecule has 0 aliphatic carbocycles. The van der Waals surface area contributed by atoms with E-state index in [-0.39, 0.29) is 0 Å². The van der Waals surface area contributed by atoms with Gasteiger partial charge < -0.3 is 20.3 Å². The van der Waals surface area contributed by atoms with E-state index in [4.69, 9.17) is 4.74 Å². The Labute approximate surface area is 118 Å². The Morgan fingerprint density at radius 1 is 1.26 bits per heavy atom. The molecule has 2 heterocycles. The molecule has 112 valence electrons. The molecule has 0 radical (unpaired) electrons. The van der Waals surface area contributed by atoms with Crippen LogP contribution in [0.1, 0.15) is 40.0 Å². The summed E-state index contributed by atoms with van der Waals surface area (Å²) in [6, 6.07) is 2.51. The van der Waals surface area contributed by atoms with Crippen molar-refractivity contribution in [2.24, 2.45) is 0 Å². The van der Waals surface area contributed by atoms with Crippen LogP contribution in [0, 0.1) is 0 Å². The maximum absolute atomic E-state index is 5.52. The summed E-state index contributed by atoms with van der Waals surface area (Å²) >= 11 is 0. The first-order valence-corrected chi connectivity index (χ1v) is 7.96. The molecule has 2 saturated heterocycles. The fourth-order valence-electron chi connectivity index (χ4n) is 3.25. The van der Waals surface area contributed by atoms with E-state index >= 15 is 0 Å². The van der Waals surface area contributed by atoms with Crippen LogP contribution in [0.3, 0.4) is 0 Å². The zero-order chi connectivity index (χ0) is 13.7. The Morgan fingerprint density at radius 2 is 2.00 bits per heavy atom. The van der Waals surface area contributed by atoms with Crippen LogP contribution in [0.15, 0.2) is 0 Å². The first-order chi connectivity index (χ1) is 9.15. The average Bonchev–Trinajstić information content (AvgIpc) is 2.40. The Bertz CT molecular complexity index is 246. The third-order valence-electron chi connectivity index (χ3n) is 4.42. The average molecular weight is 269 g/mol. The SMILES string of the molecule is CC(CC1COCCN1)NC1CCN(C(C)C)CC1. The van der Waals surface area contributed by atoms with Crippen molar-refractivity contribution < 1.29 is 4.74 Å². The normalized spacial score (nSPS) is 28.7. The van der Waals surface area contributed by atoms with Crippen LogP contribution in [0.5, 0.6) is 0 Å². The smallest absolute Gasteiger partial charge is 0.0620 e. The molecule has 2 N–H and O–H groups in total. The molecule has 0 bridgehead atoms. The Balaban J connectivity index is 1.64. The molecule has 4 nitrogen and oxygen atoms in total. The Kier molecular flexibility index (Phi) is 6.07. The summed E-state index contributed by atoms with van der Waals surface area (Å²) in [6.45, 7) is 12.1. The van der Waals surface area contributed by atoms with Crippen LogP contribution in [0.4, 0.5) is 0 Å². The summed E-state index contributed by atoms with van der Waals surface area (Å²) in [5.74, 6) is 0. The maximum Gasteiger partial charge on any atom is 0.0620 e. The van der Waals surface area contributed by atoms with Gasteiger partial charge in [0.15, 0.2) is 0 Å². The van der Waals surface area contributed by atoms with E-state index in [2.05, 4.69) is 36.3 Å². The van der Waals surface area contributed by atoms with Gasteiger partial charge in [0.05, 0.1) is 13.2 Å². The second-order valence-corrected chi connectivity index (χ2v) is 6.43. The lowest BCUT2D eigenvalue weighted by molar-refractivity contribution is 0.0698. The minimum atomic E-state index is 0.534. The summed E-state index contributed by atoms with van der Waals surface area (Å²) in [7, 11) is 0. The van der Waals surface area contributed by atoms with Crippen LogP contribution in [0.25, 0.3) is 0 Å². The van der Waals surface area contributed by atoms with Crippen molar-refractivity contribution in [2.45, 2.75) is 64.2 Å². The second-order valence-electron chi connectivity index (χ2n) is 6.43. The molecule has 2 unspecified atom stereocenters. The zero-order valence-electron chi connectivity index (χ0n) is 12.8. The van der Waals surface area contributed by atoms with Crippen molar-refractivity contribution in [2.75, 3.05) is 32.8 Å². The van der Waals surface area contributed by atoms with E-state index in [0.29, 0.717) is 24.2 Å². The Morgan fingerprint density at radius 3 is 2.58 bits per heavy atom. The van der Waals surface area contributed by atoms with Gasteiger partial charge in [-0.05, 0) is 53.1 Å². The molecular weight excluding hydrogens is 238 g/mol. The molecule has 19 heavy (non-hydrogen) atoms. The van der Waals surface area contributed by atoms with E-state index < -0.39 is 0 Å². The molecule has 0 aromatic carbocycles. The van der Waals surface area contributed by atoms with Gasteiger partial charge in [0, 0.05) is 30.7 Å². The number of likely N-dealkylation sites (tertiary alicyclic amines) is 1. The van der Waals surface area contributed by atoms with Crippen LogP contribution >= 0.6 is 0 Å². The van der Waals surface area contributed by atoms with Crippen LogP contribution < -0.4 is 10.6 Å². The summed E-state index contributed by atoms with van der Waals surface area (Å²) in [5.41, 5.74) is 0. The standard InChI is InChI=1S/C15H31N3O/c1-12(2)18-7-4-14(5-8-18)17-13(3)10-15-11-19-9-6-16-15/h12-17H,4-11H2,1-3H3. The summed E-state index contributed by atoms with van der Waals surface area (Å²) < 4.78 is 5.52. The van der Waals surface area contributed by atoms with E-state index in [1.807, 2.05) is 0 Å². The molecule has 0 spiro atoms. The van der Waals surface area contributed by atoms with Crippen molar-refractivity contribution >= 4 is 0 Å². The third kappa shape index (κ3) is 5.03. The van der Waals surface area contributed by atoms with Gasteiger partial charge in [-0.3, -0.25) is 0 Å². The number of hydrogen-bond donors (Lipinski definition) is 2. The molecule has 2 fully saturated rings. The van der Waals surface area contributed by atoms with Gasteiger partial charge in [-0.25, -0.2) is 0 Å². The maximum atomic E-state index is 5.52. The van der Waals surface area contributed by atoms with Gasteiger partial charge >= 0.3 is 0 Å². The molecule has 0 aromatic rings. The van der Waals surface area contributed by atoms with Gasteiger partial charge in [-0.1, -0.05) is 0 Å². The van der Waals surface area contributed by atoms with Crippen molar-refractivity contribution in [3.8, 4) is 0 Å². The van der Waals surface area contributed by atoms with Gasteiger partial charge in [0.1, 0.15) is 0 Å². The fourth-order valence-corrected chi connectivity index (χ4v) is 3.25. The van der Waals surface area contributed by atoms with Gasteiger partial charge in [-0.15, -0.1) is 0 Å². The quantitative estimate of drug-likeness (QED) is 0.787. The van der Waals surface area contributed by atoms with Gasteiger partial charge in [-0.2, -0.15) is 0 Å². The minimum absolute atomic E-state index is 0.534. The lowest BCUT2D eigenvalue weighted by Crippen LogP contribution is -2.50. The number of hydrogen-bond acceptors (Lipinski definition) is 4. The lowest BCUT2D eigenvalue weighted by Gasteiger charge is -2.36. The number of nitrogens with one attached hydrogen (secondary N) is 2. The number of nitrogens with zero attached hydrogens (tertiary/aromatic N) is 1. The van der Waals surface area contributed by atoms with E-state index in [1.165, 1.54) is 32.4 Å². The van der Waals surface area contributed by atoms with Crippen LogP contribution in [-0.2, 0) is 4.74 Å². The monoisotopic (exact) mass is 269 g/mol.